The van der Waals surface area contributed by atoms with Gasteiger partial charge in [-0.15, -0.1) is 0 Å². The molecule has 1 aliphatic heterocycles. The summed E-state index contributed by atoms with van der Waals surface area (Å²) in [6.07, 6.45) is 0.229. The molecule has 8 heteroatoms. The summed E-state index contributed by atoms with van der Waals surface area (Å²) in [5.74, 6) is -0.0589. The van der Waals surface area contributed by atoms with Crippen LogP contribution in [0.4, 0.5) is 10.2 Å². The first-order valence-corrected chi connectivity index (χ1v) is 11.6. The highest BCUT2D eigenvalue weighted by molar-refractivity contribution is 5.93. The number of carbonyl (C=O) groups excluding carboxylic acids is 2. The van der Waals surface area contributed by atoms with Gasteiger partial charge < -0.3 is 10.2 Å². The van der Waals surface area contributed by atoms with Gasteiger partial charge >= 0.3 is 0 Å². The number of nitriles is 1. The average Bonchev–Trinajstić information content (AvgIpc) is 3.10. The van der Waals surface area contributed by atoms with Gasteiger partial charge in [0, 0.05) is 37.6 Å². The molecule has 4 rings (SSSR count). The van der Waals surface area contributed by atoms with Gasteiger partial charge in [0.1, 0.15) is 17.7 Å². The zero-order valence-corrected chi connectivity index (χ0v) is 19.9. The number of amides is 2. The van der Waals surface area contributed by atoms with E-state index in [0.29, 0.717) is 37.6 Å². The average molecular weight is 474 g/mol. The number of para-hydroxylation sites is 1. The first-order chi connectivity index (χ1) is 16.9. The third-order valence-electron chi connectivity index (χ3n) is 6.46. The van der Waals surface area contributed by atoms with Gasteiger partial charge in [-0.3, -0.25) is 19.1 Å². The van der Waals surface area contributed by atoms with E-state index < -0.39 is 0 Å². The Morgan fingerprint density at radius 2 is 1.66 bits per heavy atom. The number of halogens is 1. The van der Waals surface area contributed by atoms with Gasteiger partial charge in [-0.25, -0.2) is 4.39 Å². The smallest absolute Gasteiger partial charge is 0.239 e. The molecule has 0 atom stereocenters. The highest BCUT2D eigenvalue weighted by atomic mass is 19.1. The van der Waals surface area contributed by atoms with Crippen molar-refractivity contribution in [3.63, 3.8) is 0 Å². The maximum atomic E-state index is 13.1. The third kappa shape index (κ3) is 5.42. The molecule has 1 aliphatic rings. The molecule has 1 aromatic heterocycles. The first kappa shape index (κ1) is 24.2. The molecule has 2 aromatic carbocycles. The number of nitrogens with one attached hydrogen (secondary N) is 1. The van der Waals surface area contributed by atoms with Crippen LogP contribution in [0, 0.1) is 31.0 Å². The summed E-state index contributed by atoms with van der Waals surface area (Å²) in [4.78, 5) is 29.3. The molecule has 1 fully saturated rings. The fourth-order valence-corrected chi connectivity index (χ4v) is 4.38. The zero-order valence-electron chi connectivity index (χ0n) is 19.9. The summed E-state index contributed by atoms with van der Waals surface area (Å²) in [7, 11) is 0. The summed E-state index contributed by atoms with van der Waals surface area (Å²) in [5.41, 5.74) is 3.84. The number of aromatic nitrogens is 1. The highest BCUT2D eigenvalue weighted by Crippen LogP contribution is 2.29. The molecule has 0 radical (unpaired) electrons. The lowest BCUT2D eigenvalue weighted by atomic mass is 10.1. The van der Waals surface area contributed by atoms with Crippen molar-refractivity contribution in [3.05, 3.63) is 82.8 Å². The second kappa shape index (κ2) is 10.5. The predicted molar refractivity (Wildman–Crippen MR) is 132 cm³/mol. The highest BCUT2D eigenvalue weighted by Gasteiger charge is 2.25. The molecule has 0 bridgehead atoms. The summed E-state index contributed by atoms with van der Waals surface area (Å²) in [6, 6.07) is 17.8. The molecule has 1 saturated heterocycles. The van der Waals surface area contributed by atoms with Gasteiger partial charge in [-0.2, -0.15) is 5.26 Å². The number of piperazine rings is 1. The summed E-state index contributed by atoms with van der Waals surface area (Å²) >= 11 is 0. The molecule has 1 N–H and O–H groups in total. The lowest BCUT2D eigenvalue weighted by Crippen LogP contribution is -2.50. The van der Waals surface area contributed by atoms with Crippen LogP contribution in [0.15, 0.2) is 54.6 Å². The Morgan fingerprint density at radius 1 is 1.00 bits per heavy atom. The van der Waals surface area contributed by atoms with Crippen LogP contribution >= 0.6 is 0 Å². The standard InChI is InChI=1S/C27H28FN5O2/c1-19-20(2)33(23-6-4-3-5-7-23)27(24(19)17-29)30-25(34)18-31-12-14-32(15-13-31)26(35)16-21-8-10-22(28)11-9-21/h3-11H,12-16,18H2,1-2H3,(H,30,34). The van der Waals surface area contributed by atoms with E-state index in [9.17, 15) is 19.2 Å². The molecule has 0 unspecified atom stereocenters. The van der Waals surface area contributed by atoms with E-state index in [-0.39, 0.29) is 30.6 Å². The largest absolute Gasteiger partial charge is 0.340 e. The molecular weight excluding hydrogens is 445 g/mol. The minimum atomic E-state index is -0.323. The predicted octanol–water partition coefficient (Wildman–Crippen LogP) is 3.43. The molecule has 0 aliphatic carbocycles. The lowest BCUT2D eigenvalue weighted by molar-refractivity contribution is -0.132. The maximum absolute atomic E-state index is 13.1. The van der Waals surface area contributed by atoms with Crippen LogP contribution in [0.2, 0.25) is 0 Å². The monoisotopic (exact) mass is 473 g/mol. The van der Waals surface area contributed by atoms with Crippen molar-refractivity contribution >= 4 is 17.6 Å². The number of hydrogen-bond acceptors (Lipinski definition) is 4. The Bertz CT molecular complexity index is 1250. The second-order valence-corrected chi connectivity index (χ2v) is 8.73. The fourth-order valence-electron chi connectivity index (χ4n) is 4.38. The van der Waals surface area contributed by atoms with Crippen LogP contribution in [-0.2, 0) is 16.0 Å². The van der Waals surface area contributed by atoms with Crippen molar-refractivity contribution in [1.29, 1.82) is 5.26 Å². The molecule has 3 aromatic rings. The number of hydrogen-bond donors (Lipinski definition) is 1. The van der Waals surface area contributed by atoms with E-state index in [1.807, 2.05) is 53.6 Å². The Labute approximate surface area is 204 Å². The minimum Gasteiger partial charge on any atom is -0.340 e. The zero-order chi connectivity index (χ0) is 24.9. The van der Waals surface area contributed by atoms with Gasteiger partial charge in [0.2, 0.25) is 11.8 Å². The van der Waals surface area contributed by atoms with Crippen molar-refractivity contribution in [3.8, 4) is 11.8 Å². The van der Waals surface area contributed by atoms with Gasteiger partial charge in [-0.1, -0.05) is 30.3 Å². The van der Waals surface area contributed by atoms with Gasteiger partial charge in [0.15, 0.2) is 0 Å². The van der Waals surface area contributed by atoms with Crippen LogP contribution in [0.25, 0.3) is 5.69 Å². The normalized spacial score (nSPS) is 13.9. The maximum Gasteiger partial charge on any atom is 0.239 e. The molecule has 2 heterocycles. The van der Waals surface area contributed by atoms with Crippen LogP contribution < -0.4 is 5.32 Å². The Hall–Kier alpha value is -3.96. The summed E-state index contributed by atoms with van der Waals surface area (Å²) in [6.45, 7) is 6.18. The van der Waals surface area contributed by atoms with E-state index in [1.54, 1.807) is 17.0 Å². The third-order valence-corrected chi connectivity index (χ3v) is 6.46. The van der Waals surface area contributed by atoms with Crippen LogP contribution in [0.5, 0.6) is 0 Å². The Kier molecular flexibility index (Phi) is 7.28. The van der Waals surface area contributed by atoms with Gasteiger partial charge in [-0.05, 0) is 49.2 Å². The first-order valence-electron chi connectivity index (χ1n) is 11.6. The second-order valence-electron chi connectivity index (χ2n) is 8.73. The molecule has 0 spiro atoms. The van der Waals surface area contributed by atoms with E-state index in [2.05, 4.69) is 11.4 Å². The van der Waals surface area contributed by atoms with E-state index >= 15 is 0 Å². The van der Waals surface area contributed by atoms with Crippen molar-refractivity contribution < 1.29 is 14.0 Å². The number of benzene rings is 2. The number of anilines is 1. The number of rotatable bonds is 6. The molecule has 35 heavy (non-hydrogen) atoms. The van der Waals surface area contributed by atoms with Gasteiger partial charge in [0.05, 0.1) is 18.5 Å². The molecule has 180 valence electrons. The van der Waals surface area contributed by atoms with E-state index in [0.717, 1.165) is 22.5 Å². The lowest BCUT2D eigenvalue weighted by Gasteiger charge is -2.34. The SMILES string of the molecule is Cc1c(C#N)c(NC(=O)CN2CCN(C(=O)Cc3ccc(F)cc3)CC2)n(-c2ccccc2)c1C. The van der Waals surface area contributed by atoms with E-state index in [4.69, 9.17) is 0 Å². The molecule has 7 nitrogen and oxygen atoms in total. The molecule has 2 amide bonds. The summed E-state index contributed by atoms with van der Waals surface area (Å²) in [5, 5.41) is 12.7. The fraction of sp³-hybridized carbons (Fsp3) is 0.296. The Morgan fingerprint density at radius 3 is 2.29 bits per heavy atom. The molecule has 0 saturated carbocycles. The number of carbonyl (C=O) groups is 2. The topological polar surface area (TPSA) is 81.4 Å². The van der Waals surface area contributed by atoms with Crippen molar-refractivity contribution in [2.75, 3.05) is 38.0 Å². The quantitative estimate of drug-likeness (QED) is 0.595. The van der Waals surface area contributed by atoms with E-state index in [1.165, 1.54) is 12.1 Å². The Balaban J connectivity index is 1.37. The van der Waals surface area contributed by atoms with Crippen LogP contribution in [0.3, 0.4) is 0 Å². The van der Waals surface area contributed by atoms with Gasteiger partial charge in [0.25, 0.3) is 0 Å². The molecular formula is C27H28FN5O2. The van der Waals surface area contributed by atoms with Crippen LogP contribution in [0.1, 0.15) is 22.4 Å². The number of nitrogens with zero attached hydrogens (tertiary/aromatic N) is 4. The minimum absolute atomic E-state index is 0.00832. The van der Waals surface area contributed by atoms with Crippen LogP contribution in [-0.4, -0.2) is 58.9 Å². The summed E-state index contributed by atoms with van der Waals surface area (Å²) < 4.78 is 15.0. The van der Waals surface area contributed by atoms with Crippen molar-refractivity contribution in [2.45, 2.75) is 20.3 Å². The van der Waals surface area contributed by atoms with Crippen molar-refractivity contribution in [1.82, 2.24) is 14.4 Å². The van der Waals surface area contributed by atoms with Crippen molar-refractivity contribution in [2.24, 2.45) is 0 Å².